The Morgan fingerprint density at radius 1 is 0.941 bits per heavy atom. The number of anilines is 1. The second-order valence-electron chi connectivity index (χ2n) is 8.10. The Balaban J connectivity index is 1.24. The number of amides is 1. The summed E-state index contributed by atoms with van der Waals surface area (Å²) >= 11 is 2.57. The van der Waals surface area contributed by atoms with Crippen molar-refractivity contribution in [3.63, 3.8) is 0 Å². The van der Waals surface area contributed by atoms with Crippen LogP contribution in [-0.2, 0) is 14.8 Å². The van der Waals surface area contributed by atoms with E-state index < -0.39 is 15.9 Å². The third kappa shape index (κ3) is 4.83. The molecule has 1 atom stereocenters. The molecule has 174 valence electrons. The quantitative estimate of drug-likeness (QED) is 0.368. The normalized spacial score (nSPS) is 16.9. The van der Waals surface area contributed by atoms with Crippen molar-refractivity contribution in [2.75, 3.05) is 18.4 Å². The maximum Gasteiger partial charge on any atom is 0.252 e. The third-order valence-electron chi connectivity index (χ3n) is 5.87. The average Bonchev–Trinajstić information content (AvgIpc) is 3.58. The lowest BCUT2D eigenvalue weighted by Crippen LogP contribution is -2.43. The molecule has 1 unspecified atom stereocenters. The van der Waals surface area contributed by atoms with E-state index in [0.717, 1.165) is 22.4 Å². The van der Waals surface area contributed by atoms with Gasteiger partial charge in [0.1, 0.15) is 4.21 Å². The highest BCUT2D eigenvalue weighted by Crippen LogP contribution is 2.30. The lowest BCUT2D eigenvalue weighted by molar-refractivity contribution is -0.120. The van der Waals surface area contributed by atoms with E-state index in [1.54, 1.807) is 17.5 Å². The van der Waals surface area contributed by atoms with Gasteiger partial charge >= 0.3 is 0 Å². The van der Waals surface area contributed by atoms with Crippen LogP contribution in [0.3, 0.4) is 0 Å². The molecule has 2 aromatic carbocycles. The van der Waals surface area contributed by atoms with Crippen LogP contribution in [0, 0.1) is 5.92 Å². The second-order valence-corrected chi connectivity index (χ2v) is 12.1. The maximum atomic E-state index is 12.9. The zero-order valence-electron chi connectivity index (χ0n) is 18.3. The second kappa shape index (κ2) is 9.79. The number of thiazole rings is 1. The number of aromatic nitrogens is 1. The Hall–Kier alpha value is -2.85. The molecule has 1 amide bonds. The fraction of sp³-hybridized carbons (Fsp3) is 0.200. The topological polar surface area (TPSA) is 79.4 Å². The van der Waals surface area contributed by atoms with Crippen LogP contribution in [0.1, 0.15) is 12.8 Å². The molecule has 6 nitrogen and oxygen atoms in total. The number of hydrogen-bond acceptors (Lipinski definition) is 6. The number of thiophene rings is 1. The molecule has 0 radical (unpaired) electrons. The van der Waals surface area contributed by atoms with Crippen molar-refractivity contribution in [2.24, 2.45) is 5.92 Å². The molecule has 1 fully saturated rings. The van der Waals surface area contributed by atoms with Crippen LogP contribution in [0.25, 0.3) is 22.4 Å². The molecule has 5 rings (SSSR count). The van der Waals surface area contributed by atoms with E-state index in [1.807, 2.05) is 35.7 Å². The molecule has 0 bridgehead atoms. The van der Waals surface area contributed by atoms with Crippen LogP contribution < -0.4 is 5.32 Å². The Morgan fingerprint density at radius 3 is 2.41 bits per heavy atom. The van der Waals surface area contributed by atoms with E-state index in [1.165, 1.54) is 27.0 Å². The van der Waals surface area contributed by atoms with Crippen molar-refractivity contribution in [1.82, 2.24) is 9.29 Å². The highest BCUT2D eigenvalue weighted by atomic mass is 32.2. The molecular weight excluding hydrogens is 486 g/mol. The van der Waals surface area contributed by atoms with Crippen LogP contribution in [0.4, 0.5) is 5.13 Å². The number of rotatable bonds is 6. The first-order valence-corrected chi connectivity index (χ1v) is 14.2. The van der Waals surface area contributed by atoms with Gasteiger partial charge in [0.2, 0.25) is 5.91 Å². The largest absolute Gasteiger partial charge is 0.302 e. The predicted octanol–water partition coefficient (Wildman–Crippen LogP) is 5.58. The minimum atomic E-state index is -3.55. The number of benzene rings is 2. The molecule has 1 N–H and O–H groups in total. The highest BCUT2D eigenvalue weighted by molar-refractivity contribution is 7.91. The summed E-state index contributed by atoms with van der Waals surface area (Å²) in [5.41, 5.74) is 4.06. The maximum absolute atomic E-state index is 12.9. The van der Waals surface area contributed by atoms with Crippen LogP contribution in [0.15, 0.2) is 81.7 Å². The van der Waals surface area contributed by atoms with E-state index in [0.29, 0.717) is 28.7 Å². The Morgan fingerprint density at radius 2 is 1.68 bits per heavy atom. The summed E-state index contributed by atoms with van der Waals surface area (Å²) < 4.78 is 27.4. The minimum absolute atomic E-state index is 0.186. The summed E-state index contributed by atoms with van der Waals surface area (Å²) in [6.45, 7) is 0.621. The van der Waals surface area contributed by atoms with Gasteiger partial charge in [0.15, 0.2) is 5.13 Å². The molecular formula is C25H23N3O3S3. The van der Waals surface area contributed by atoms with Gasteiger partial charge in [-0.05, 0) is 35.4 Å². The van der Waals surface area contributed by atoms with Gasteiger partial charge < -0.3 is 5.32 Å². The zero-order valence-corrected chi connectivity index (χ0v) is 20.7. The molecule has 2 aromatic heterocycles. The fourth-order valence-corrected chi connectivity index (χ4v) is 7.44. The Bertz CT molecular complexity index is 1370. The molecule has 0 spiro atoms. The van der Waals surface area contributed by atoms with E-state index in [-0.39, 0.29) is 12.5 Å². The number of sulfonamides is 1. The standard InChI is InChI=1S/C25H23N3O3S3/c29-24(21-8-4-14-28(16-21)34(30,31)23-9-5-15-32-23)27-25-26-22(17-33-25)20-12-10-19(11-13-20)18-6-2-1-3-7-18/h1-3,5-7,9-13,15,17,21H,4,8,14,16H2,(H,26,27,29). The first-order chi connectivity index (χ1) is 16.5. The van der Waals surface area contributed by atoms with Crippen molar-refractivity contribution in [2.45, 2.75) is 17.1 Å². The van der Waals surface area contributed by atoms with Gasteiger partial charge in [0, 0.05) is 24.0 Å². The van der Waals surface area contributed by atoms with Gasteiger partial charge in [-0.1, -0.05) is 60.7 Å². The number of nitrogens with zero attached hydrogens (tertiary/aromatic N) is 2. The first kappa shape index (κ1) is 22.9. The van der Waals surface area contributed by atoms with Gasteiger partial charge in [-0.2, -0.15) is 4.31 Å². The van der Waals surface area contributed by atoms with Crippen LogP contribution in [0.2, 0.25) is 0 Å². The molecule has 1 aliphatic rings. The van der Waals surface area contributed by atoms with E-state index in [2.05, 4.69) is 34.6 Å². The zero-order chi connectivity index (χ0) is 23.5. The van der Waals surface area contributed by atoms with E-state index in [9.17, 15) is 13.2 Å². The first-order valence-electron chi connectivity index (χ1n) is 11.0. The van der Waals surface area contributed by atoms with Gasteiger partial charge in [-0.25, -0.2) is 13.4 Å². The third-order valence-corrected chi connectivity index (χ3v) is 9.86. The van der Waals surface area contributed by atoms with Crippen molar-refractivity contribution in [3.05, 3.63) is 77.5 Å². The monoisotopic (exact) mass is 509 g/mol. The van der Waals surface area contributed by atoms with Gasteiger partial charge in [-0.3, -0.25) is 4.79 Å². The summed E-state index contributed by atoms with van der Waals surface area (Å²) in [5.74, 6) is -0.590. The number of piperidine rings is 1. The number of carbonyl (C=O) groups excluding carboxylic acids is 1. The van der Waals surface area contributed by atoms with Crippen molar-refractivity contribution in [3.8, 4) is 22.4 Å². The van der Waals surface area contributed by atoms with Crippen LogP contribution >= 0.6 is 22.7 Å². The fourth-order valence-electron chi connectivity index (χ4n) is 4.05. The summed E-state index contributed by atoms with van der Waals surface area (Å²) in [4.78, 5) is 17.5. The molecule has 9 heteroatoms. The lowest BCUT2D eigenvalue weighted by Gasteiger charge is -2.30. The smallest absolute Gasteiger partial charge is 0.252 e. The summed E-state index contributed by atoms with van der Waals surface area (Å²) in [5, 5.41) is 7.08. The molecule has 1 aliphatic heterocycles. The van der Waals surface area contributed by atoms with Crippen LogP contribution in [-0.4, -0.2) is 36.7 Å². The Kier molecular flexibility index (Phi) is 6.60. The number of nitrogens with one attached hydrogen (secondary N) is 1. The van der Waals surface area contributed by atoms with Crippen molar-refractivity contribution in [1.29, 1.82) is 0 Å². The van der Waals surface area contributed by atoms with Gasteiger partial charge in [0.25, 0.3) is 10.0 Å². The lowest BCUT2D eigenvalue weighted by atomic mass is 9.99. The SMILES string of the molecule is O=C(Nc1nc(-c2ccc(-c3ccccc3)cc2)cs1)C1CCCN(S(=O)(=O)c2cccs2)C1. The van der Waals surface area contributed by atoms with Gasteiger partial charge in [0.05, 0.1) is 11.6 Å². The molecule has 0 aliphatic carbocycles. The summed E-state index contributed by atoms with van der Waals surface area (Å²) in [6, 6.07) is 21.7. The predicted molar refractivity (Wildman–Crippen MR) is 137 cm³/mol. The average molecular weight is 510 g/mol. The number of carbonyl (C=O) groups is 1. The van der Waals surface area contributed by atoms with Crippen molar-refractivity contribution < 1.29 is 13.2 Å². The molecule has 34 heavy (non-hydrogen) atoms. The number of hydrogen-bond donors (Lipinski definition) is 1. The molecule has 0 saturated carbocycles. The van der Waals surface area contributed by atoms with Crippen molar-refractivity contribution >= 4 is 43.7 Å². The van der Waals surface area contributed by atoms with Crippen LogP contribution in [0.5, 0.6) is 0 Å². The molecule has 1 saturated heterocycles. The van der Waals surface area contributed by atoms with E-state index in [4.69, 9.17) is 0 Å². The van der Waals surface area contributed by atoms with Gasteiger partial charge in [-0.15, -0.1) is 22.7 Å². The Labute approximate surface area is 207 Å². The van der Waals surface area contributed by atoms with E-state index >= 15 is 0 Å². The summed E-state index contributed by atoms with van der Waals surface area (Å²) in [7, 11) is -3.55. The summed E-state index contributed by atoms with van der Waals surface area (Å²) in [6.07, 6.45) is 1.31. The minimum Gasteiger partial charge on any atom is -0.302 e. The molecule has 4 aromatic rings. The molecule has 3 heterocycles. The highest BCUT2D eigenvalue weighted by Gasteiger charge is 2.34.